The predicted molar refractivity (Wildman–Crippen MR) is 77.1 cm³/mol. The van der Waals surface area contributed by atoms with Crippen LogP contribution in [0.5, 0.6) is 0 Å². The maximum absolute atomic E-state index is 11.4. The molecule has 0 aliphatic carbocycles. The zero-order valence-corrected chi connectivity index (χ0v) is 12.6. The third kappa shape index (κ3) is 3.07. The molecular weight excluding hydrogens is 302 g/mol. The van der Waals surface area contributed by atoms with Crippen molar-refractivity contribution in [3.8, 4) is 11.4 Å². The lowest BCUT2D eigenvalue weighted by Gasteiger charge is -2.13. The van der Waals surface area contributed by atoms with Gasteiger partial charge in [-0.05, 0) is 29.5 Å². The van der Waals surface area contributed by atoms with Crippen molar-refractivity contribution in [2.75, 3.05) is 17.7 Å². The Morgan fingerprint density at radius 1 is 1.45 bits per heavy atom. The fourth-order valence-electron chi connectivity index (χ4n) is 1.90. The summed E-state index contributed by atoms with van der Waals surface area (Å²) in [5, 5.41) is 11.7. The summed E-state index contributed by atoms with van der Waals surface area (Å²) in [6, 6.07) is 4.72. The number of aromatic nitrogens is 4. The highest BCUT2D eigenvalue weighted by atomic mass is 35.5. The standard InChI is InChI=1S/C11H14ClN5O2S/c1-7(6-20(2,18)19)17-11(14-15-16-17)8-4-3-5-9(13)10(8)12/h3-5,7H,6,13H2,1-2H3. The zero-order valence-electron chi connectivity index (χ0n) is 11.0. The first-order chi connectivity index (χ1) is 9.29. The third-order valence-electron chi connectivity index (χ3n) is 2.72. The minimum atomic E-state index is -3.14. The molecule has 2 N–H and O–H groups in total. The second kappa shape index (κ2) is 5.37. The highest BCUT2D eigenvalue weighted by Gasteiger charge is 2.20. The molecule has 20 heavy (non-hydrogen) atoms. The van der Waals surface area contributed by atoms with E-state index in [0.29, 0.717) is 22.1 Å². The van der Waals surface area contributed by atoms with Gasteiger partial charge < -0.3 is 5.73 Å². The normalized spacial score (nSPS) is 13.3. The molecule has 0 saturated heterocycles. The molecular formula is C11H14ClN5O2S. The Hall–Kier alpha value is -1.67. The van der Waals surface area contributed by atoms with Gasteiger partial charge in [0.05, 0.1) is 22.5 Å². The molecule has 0 fully saturated rings. The van der Waals surface area contributed by atoms with Gasteiger partial charge in [-0.15, -0.1) is 5.10 Å². The van der Waals surface area contributed by atoms with Gasteiger partial charge in [0.2, 0.25) is 0 Å². The molecule has 0 bridgehead atoms. The number of benzene rings is 1. The molecule has 108 valence electrons. The molecule has 9 heteroatoms. The molecule has 0 saturated carbocycles. The SMILES string of the molecule is CC(CS(C)(=O)=O)n1nnnc1-c1cccc(N)c1Cl. The van der Waals surface area contributed by atoms with Crippen molar-refractivity contribution in [2.45, 2.75) is 13.0 Å². The molecule has 2 aromatic rings. The van der Waals surface area contributed by atoms with Crippen molar-refractivity contribution >= 4 is 27.1 Å². The van der Waals surface area contributed by atoms with Gasteiger partial charge in [0.1, 0.15) is 9.84 Å². The van der Waals surface area contributed by atoms with Crippen LogP contribution in [-0.2, 0) is 9.84 Å². The molecule has 2 rings (SSSR count). The lowest BCUT2D eigenvalue weighted by Crippen LogP contribution is -2.18. The van der Waals surface area contributed by atoms with Crippen LogP contribution in [0.3, 0.4) is 0 Å². The maximum atomic E-state index is 11.4. The molecule has 0 aliphatic heterocycles. The fourth-order valence-corrected chi connectivity index (χ4v) is 3.13. The number of anilines is 1. The van der Waals surface area contributed by atoms with Crippen LogP contribution in [0.15, 0.2) is 18.2 Å². The zero-order chi connectivity index (χ0) is 14.9. The van der Waals surface area contributed by atoms with Gasteiger partial charge in [-0.3, -0.25) is 0 Å². The predicted octanol–water partition coefficient (Wildman–Crippen LogP) is 1.18. The van der Waals surface area contributed by atoms with Crippen molar-refractivity contribution in [2.24, 2.45) is 0 Å². The number of nitrogens with two attached hydrogens (primary N) is 1. The largest absolute Gasteiger partial charge is 0.398 e. The van der Waals surface area contributed by atoms with E-state index in [9.17, 15) is 8.42 Å². The lowest BCUT2D eigenvalue weighted by atomic mass is 10.2. The van der Waals surface area contributed by atoms with E-state index in [1.807, 2.05) is 0 Å². The molecule has 1 atom stereocenters. The van der Waals surface area contributed by atoms with Crippen LogP contribution in [0.4, 0.5) is 5.69 Å². The maximum Gasteiger partial charge on any atom is 0.183 e. The number of halogens is 1. The number of rotatable bonds is 4. The van der Waals surface area contributed by atoms with E-state index in [2.05, 4.69) is 15.5 Å². The van der Waals surface area contributed by atoms with Crippen molar-refractivity contribution in [1.82, 2.24) is 20.2 Å². The van der Waals surface area contributed by atoms with E-state index < -0.39 is 15.9 Å². The molecule has 0 aliphatic rings. The van der Waals surface area contributed by atoms with Crippen molar-refractivity contribution in [1.29, 1.82) is 0 Å². The van der Waals surface area contributed by atoms with Crippen molar-refractivity contribution in [3.05, 3.63) is 23.2 Å². The lowest BCUT2D eigenvalue weighted by molar-refractivity contribution is 0.509. The molecule has 1 aromatic heterocycles. The monoisotopic (exact) mass is 315 g/mol. The number of nitrogens with zero attached hydrogens (tertiary/aromatic N) is 4. The van der Waals surface area contributed by atoms with Gasteiger partial charge in [0.15, 0.2) is 5.82 Å². The minimum absolute atomic E-state index is 0.0645. The Labute approximate surface area is 121 Å². The summed E-state index contributed by atoms with van der Waals surface area (Å²) in [6.07, 6.45) is 1.17. The first-order valence-electron chi connectivity index (χ1n) is 5.79. The Balaban J connectivity index is 2.45. The van der Waals surface area contributed by atoms with Gasteiger partial charge in [-0.2, -0.15) is 0 Å². The first kappa shape index (κ1) is 14.7. The van der Waals surface area contributed by atoms with E-state index in [0.717, 1.165) is 0 Å². The van der Waals surface area contributed by atoms with Gasteiger partial charge >= 0.3 is 0 Å². The van der Waals surface area contributed by atoms with Gasteiger partial charge in [-0.1, -0.05) is 17.7 Å². The van der Waals surface area contributed by atoms with Crippen LogP contribution in [-0.4, -0.2) is 40.6 Å². The second-order valence-corrected chi connectivity index (χ2v) is 7.16. The van der Waals surface area contributed by atoms with Crippen LogP contribution in [0.1, 0.15) is 13.0 Å². The highest BCUT2D eigenvalue weighted by Crippen LogP contribution is 2.31. The average molecular weight is 316 g/mol. The smallest absolute Gasteiger partial charge is 0.183 e. The summed E-state index contributed by atoms with van der Waals surface area (Å²) in [6.45, 7) is 1.72. The van der Waals surface area contributed by atoms with Crippen molar-refractivity contribution in [3.63, 3.8) is 0 Å². The Morgan fingerprint density at radius 3 is 2.80 bits per heavy atom. The van der Waals surface area contributed by atoms with Gasteiger partial charge in [0, 0.05) is 11.8 Å². The van der Waals surface area contributed by atoms with E-state index >= 15 is 0 Å². The van der Waals surface area contributed by atoms with E-state index in [1.165, 1.54) is 10.9 Å². The number of sulfone groups is 1. The number of hydrogen-bond donors (Lipinski definition) is 1. The summed E-state index contributed by atoms with van der Waals surface area (Å²) in [5.41, 5.74) is 6.73. The van der Waals surface area contributed by atoms with Crippen LogP contribution in [0.25, 0.3) is 11.4 Å². The van der Waals surface area contributed by atoms with Crippen LogP contribution < -0.4 is 5.73 Å². The molecule has 0 spiro atoms. The minimum Gasteiger partial charge on any atom is -0.398 e. The molecule has 1 aromatic carbocycles. The number of tetrazole rings is 1. The molecule has 0 radical (unpaired) electrons. The number of nitrogen functional groups attached to an aromatic ring is 1. The molecule has 1 unspecified atom stereocenters. The Bertz CT molecular complexity index is 728. The summed E-state index contributed by atoms with van der Waals surface area (Å²) in [4.78, 5) is 0. The van der Waals surface area contributed by atoms with E-state index in [-0.39, 0.29) is 5.75 Å². The molecule has 0 amide bonds. The van der Waals surface area contributed by atoms with Crippen LogP contribution in [0, 0.1) is 0 Å². The topological polar surface area (TPSA) is 104 Å². The van der Waals surface area contributed by atoms with Crippen molar-refractivity contribution < 1.29 is 8.42 Å². The third-order valence-corrected chi connectivity index (χ3v) is 4.23. The Kier molecular flexibility index (Phi) is 3.96. The van der Waals surface area contributed by atoms with E-state index in [1.54, 1.807) is 25.1 Å². The quantitative estimate of drug-likeness (QED) is 0.850. The second-order valence-electron chi connectivity index (χ2n) is 4.60. The summed E-state index contributed by atoms with van der Waals surface area (Å²) >= 11 is 6.14. The molecule has 7 nitrogen and oxygen atoms in total. The average Bonchev–Trinajstić information content (AvgIpc) is 2.79. The summed E-state index contributed by atoms with van der Waals surface area (Å²) in [5.74, 6) is 0.323. The first-order valence-corrected chi connectivity index (χ1v) is 8.23. The van der Waals surface area contributed by atoms with Crippen LogP contribution >= 0.6 is 11.6 Å². The number of hydrogen-bond acceptors (Lipinski definition) is 6. The van der Waals surface area contributed by atoms with Gasteiger partial charge in [-0.25, -0.2) is 13.1 Å². The fraction of sp³-hybridized carbons (Fsp3) is 0.364. The van der Waals surface area contributed by atoms with Gasteiger partial charge in [0.25, 0.3) is 0 Å². The summed E-state index contributed by atoms with van der Waals surface area (Å²) < 4.78 is 24.2. The highest BCUT2D eigenvalue weighted by molar-refractivity contribution is 7.90. The van der Waals surface area contributed by atoms with E-state index in [4.69, 9.17) is 17.3 Å². The summed E-state index contributed by atoms with van der Waals surface area (Å²) in [7, 11) is -3.14. The molecule has 1 heterocycles. The Morgan fingerprint density at radius 2 is 2.15 bits per heavy atom. The van der Waals surface area contributed by atoms with Crippen LogP contribution in [0.2, 0.25) is 5.02 Å².